The Balaban J connectivity index is 2.28. The summed E-state index contributed by atoms with van der Waals surface area (Å²) in [6.07, 6.45) is 6.39. The summed E-state index contributed by atoms with van der Waals surface area (Å²) in [7, 11) is 0. The Morgan fingerprint density at radius 3 is 2.82 bits per heavy atom. The number of carbonyl (C=O) groups excluding carboxylic acids is 1. The van der Waals surface area contributed by atoms with Crippen LogP contribution in [0.1, 0.15) is 61.9 Å². The molecule has 0 spiro atoms. The highest BCUT2D eigenvalue weighted by Gasteiger charge is 2.32. The van der Waals surface area contributed by atoms with Crippen LogP contribution in [0.25, 0.3) is 0 Å². The minimum absolute atomic E-state index is 0.0421. The van der Waals surface area contributed by atoms with Gasteiger partial charge < -0.3 is 0 Å². The van der Waals surface area contributed by atoms with Gasteiger partial charge in [-0.15, -0.1) is 0 Å². The second-order valence-electron chi connectivity index (χ2n) is 5.69. The molecule has 0 unspecified atom stereocenters. The van der Waals surface area contributed by atoms with Crippen LogP contribution in [0.5, 0.6) is 0 Å². The molecule has 0 aliphatic heterocycles. The Kier molecular flexibility index (Phi) is 3.27. The van der Waals surface area contributed by atoms with Crippen LogP contribution in [0, 0.1) is 5.41 Å². The molecule has 0 atom stereocenters. The van der Waals surface area contributed by atoms with Crippen molar-refractivity contribution < 1.29 is 4.79 Å². The lowest BCUT2D eigenvalue weighted by Gasteiger charge is -2.29. The predicted octanol–water partition coefficient (Wildman–Crippen LogP) is 2.97. The van der Waals surface area contributed by atoms with Gasteiger partial charge in [0.2, 0.25) is 0 Å². The lowest BCUT2D eigenvalue weighted by Crippen LogP contribution is -2.28. The van der Waals surface area contributed by atoms with Gasteiger partial charge in [0.15, 0.2) is 5.78 Å². The summed E-state index contributed by atoms with van der Waals surface area (Å²) in [4.78, 5) is 20.8. The van der Waals surface area contributed by atoms with Crippen LogP contribution in [-0.2, 0) is 12.8 Å². The van der Waals surface area contributed by atoms with Crippen LogP contribution in [0.3, 0.4) is 0 Å². The van der Waals surface area contributed by atoms with Crippen molar-refractivity contribution in [2.75, 3.05) is 0 Å². The second kappa shape index (κ2) is 4.55. The van der Waals surface area contributed by atoms with E-state index in [1.54, 1.807) is 6.20 Å². The van der Waals surface area contributed by atoms with Crippen LogP contribution in [0.15, 0.2) is 6.20 Å². The zero-order chi connectivity index (χ0) is 12.5. The Labute approximate surface area is 103 Å². The fraction of sp³-hybridized carbons (Fsp3) is 0.643. The lowest BCUT2D eigenvalue weighted by molar-refractivity contribution is 0.0909. The van der Waals surface area contributed by atoms with E-state index in [9.17, 15) is 4.79 Å². The summed E-state index contributed by atoms with van der Waals surface area (Å²) in [5.74, 6) is 1.08. The first-order valence-electron chi connectivity index (χ1n) is 6.40. The highest BCUT2D eigenvalue weighted by atomic mass is 16.1. The molecule has 1 aromatic rings. The minimum Gasteiger partial charge on any atom is -0.294 e. The summed E-state index contributed by atoms with van der Waals surface area (Å²) in [5, 5.41) is 0. The first-order chi connectivity index (χ1) is 8.02. The molecule has 1 aromatic heterocycles. The average Bonchev–Trinajstić information content (AvgIpc) is 2.24. The Morgan fingerprint density at radius 2 is 2.12 bits per heavy atom. The molecule has 92 valence electrons. The monoisotopic (exact) mass is 232 g/mol. The quantitative estimate of drug-likeness (QED) is 0.804. The molecule has 1 aliphatic carbocycles. The number of nitrogens with zero attached hydrogens (tertiary/aromatic N) is 2. The maximum absolute atomic E-state index is 11.9. The number of rotatable bonds is 3. The topological polar surface area (TPSA) is 42.9 Å². The van der Waals surface area contributed by atoms with E-state index in [0.29, 0.717) is 6.42 Å². The van der Waals surface area contributed by atoms with E-state index in [-0.39, 0.29) is 11.2 Å². The molecule has 1 aliphatic rings. The molecule has 0 radical (unpaired) electrons. The van der Waals surface area contributed by atoms with E-state index in [1.807, 2.05) is 0 Å². The van der Waals surface area contributed by atoms with Crippen molar-refractivity contribution in [2.45, 2.75) is 52.9 Å². The number of fused-ring (bicyclic) bond motifs is 1. The first kappa shape index (κ1) is 12.2. The van der Waals surface area contributed by atoms with Gasteiger partial charge in [-0.25, -0.2) is 9.97 Å². The standard InChI is InChI=1S/C14H20N2O/c1-4-5-6-13-15-9-10-11(16-13)7-14(2,3)8-12(10)17/h9H,4-8H2,1-3H3. The lowest BCUT2D eigenvalue weighted by atomic mass is 9.76. The van der Waals surface area contributed by atoms with Crippen LogP contribution in [0.2, 0.25) is 0 Å². The van der Waals surface area contributed by atoms with Gasteiger partial charge in [0.1, 0.15) is 5.82 Å². The van der Waals surface area contributed by atoms with E-state index in [1.165, 1.54) is 0 Å². The fourth-order valence-electron chi connectivity index (χ4n) is 2.33. The predicted molar refractivity (Wildman–Crippen MR) is 67.1 cm³/mol. The third kappa shape index (κ3) is 2.71. The minimum atomic E-state index is 0.0421. The number of aromatic nitrogens is 2. The molecule has 17 heavy (non-hydrogen) atoms. The first-order valence-corrected chi connectivity index (χ1v) is 6.40. The molecule has 1 heterocycles. The number of ketones is 1. The van der Waals surface area contributed by atoms with Gasteiger partial charge in [0, 0.05) is 19.0 Å². The number of Topliss-reactive ketones (excluding diaryl/α,β-unsaturated/α-hetero) is 1. The van der Waals surface area contributed by atoms with Crippen molar-refractivity contribution in [3.05, 3.63) is 23.3 Å². The van der Waals surface area contributed by atoms with E-state index in [2.05, 4.69) is 30.7 Å². The molecule has 3 heteroatoms. The Morgan fingerprint density at radius 1 is 1.35 bits per heavy atom. The Bertz CT molecular complexity index is 438. The van der Waals surface area contributed by atoms with Gasteiger partial charge in [-0.3, -0.25) is 4.79 Å². The van der Waals surface area contributed by atoms with Gasteiger partial charge >= 0.3 is 0 Å². The van der Waals surface area contributed by atoms with Crippen molar-refractivity contribution in [1.82, 2.24) is 9.97 Å². The third-order valence-corrected chi connectivity index (χ3v) is 3.26. The van der Waals surface area contributed by atoms with E-state index in [4.69, 9.17) is 0 Å². The zero-order valence-electron chi connectivity index (χ0n) is 10.9. The molecule has 2 rings (SSSR count). The van der Waals surface area contributed by atoms with Crippen molar-refractivity contribution in [2.24, 2.45) is 5.41 Å². The van der Waals surface area contributed by atoms with Crippen molar-refractivity contribution in [3.63, 3.8) is 0 Å². The normalized spacial score (nSPS) is 17.9. The van der Waals surface area contributed by atoms with E-state index >= 15 is 0 Å². The van der Waals surface area contributed by atoms with Crippen molar-refractivity contribution >= 4 is 5.78 Å². The second-order valence-corrected chi connectivity index (χ2v) is 5.69. The molecular formula is C14H20N2O. The molecule has 0 fully saturated rings. The molecule has 0 N–H and O–H groups in total. The van der Waals surface area contributed by atoms with E-state index < -0.39 is 0 Å². The van der Waals surface area contributed by atoms with Crippen LogP contribution >= 0.6 is 0 Å². The maximum atomic E-state index is 11.9. The average molecular weight is 232 g/mol. The molecule has 3 nitrogen and oxygen atoms in total. The largest absolute Gasteiger partial charge is 0.294 e. The van der Waals surface area contributed by atoms with Gasteiger partial charge in [0.05, 0.1) is 11.3 Å². The Hall–Kier alpha value is -1.25. The number of aryl methyl sites for hydroxylation is 1. The highest BCUT2D eigenvalue weighted by Crippen LogP contribution is 2.33. The van der Waals surface area contributed by atoms with Gasteiger partial charge in [-0.1, -0.05) is 27.2 Å². The van der Waals surface area contributed by atoms with Crippen molar-refractivity contribution in [1.29, 1.82) is 0 Å². The molecule has 0 aromatic carbocycles. The molecule has 0 amide bonds. The number of hydrogen-bond donors (Lipinski definition) is 0. The van der Waals surface area contributed by atoms with Crippen LogP contribution in [-0.4, -0.2) is 15.8 Å². The molecule has 0 saturated carbocycles. The fourth-order valence-corrected chi connectivity index (χ4v) is 2.33. The van der Waals surface area contributed by atoms with E-state index in [0.717, 1.165) is 42.8 Å². The summed E-state index contributed by atoms with van der Waals surface area (Å²) in [6.45, 7) is 6.41. The van der Waals surface area contributed by atoms with Gasteiger partial charge in [0.25, 0.3) is 0 Å². The molecular weight excluding hydrogens is 212 g/mol. The smallest absolute Gasteiger partial charge is 0.166 e. The number of unbranched alkanes of at least 4 members (excludes halogenated alkanes) is 1. The number of carbonyl (C=O) groups is 1. The zero-order valence-corrected chi connectivity index (χ0v) is 10.9. The summed E-state index contributed by atoms with van der Waals surface area (Å²) < 4.78 is 0. The third-order valence-electron chi connectivity index (χ3n) is 3.26. The summed E-state index contributed by atoms with van der Waals surface area (Å²) in [5.41, 5.74) is 1.73. The number of hydrogen-bond acceptors (Lipinski definition) is 3. The SMILES string of the molecule is CCCCc1ncc2c(n1)CC(C)(C)CC2=O. The van der Waals surface area contributed by atoms with Crippen molar-refractivity contribution in [3.8, 4) is 0 Å². The van der Waals surface area contributed by atoms with Crippen LogP contribution < -0.4 is 0 Å². The summed E-state index contributed by atoms with van der Waals surface area (Å²) >= 11 is 0. The van der Waals surface area contributed by atoms with Gasteiger partial charge in [-0.05, 0) is 18.3 Å². The molecule has 0 saturated heterocycles. The highest BCUT2D eigenvalue weighted by molar-refractivity contribution is 5.98. The van der Waals surface area contributed by atoms with Gasteiger partial charge in [-0.2, -0.15) is 0 Å². The maximum Gasteiger partial charge on any atom is 0.166 e. The summed E-state index contributed by atoms with van der Waals surface area (Å²) in [6, 6.07) is 0. The van der Waals surface area contributed by atoms with Crippen LogP contribution in [0.4, 0.5) is 0 Å². The molecule has 0 bridgehead atoms.